The second-order valence-corrected chi connectivity index (χ2v) is 7.33. The lowest BCUT2D eigenvalue weighted by molar-refractivity contribution is -0.275. The molecule has 0 radical (unpaired) electrons. The highest BCUT2D eigenvalue weighted by Gasteiger charge is 2.47. The fraction of sp³-hybridized carbons (Fsp3) is 0.462. The number of halogens is 3. The average Bonchev–Trinajstić information content (AvgIpc) is 3.00. The molecule has 0 spiro atoms. The predicted octanol–water partition coefficient (Wildman–Crippen LogP) is 0.952. The topological polar surface area (TPSA) is 75.7 Å². The Labute approximate surface area is 130 Å². The molecule has 2 atom stereocenters. The van der Waals surface area contributed by atoms with Crippen LogP contribution < -0.4 is 10.1 Å². The second-order valence-electron chi connectivity index (χ2n) is 5.43. The molecular formula is C13H13F3N2O4S. The highest BCUT2D eigenvalue weighted by atomic mass is 32.2. The van der Waals surface area contributed by atoms with Crippen molar-refractivity contribution in [3.05, 3.63) is 24.3 Å². The fourth-order valence-corrected chi connectivity index (χ4v) is 4.54. The van der Waals surface area contributed by atoms with E-state index in [0.717, 1.165) is 16.4 Å². The van der Waals surface area contributed by atoms with Crippen LogP contribution in [0.15, 0.2) is 29.2 Å². The molecule has 0 saturated carbocycles. The maximum Gasteiger partial charge on any atom is 0.573 e. The number of carbonyl (C=O) groups excluding carboxylic acids is 1. The van der Waals surface area contributed by atoms with Gasteiger partial charge in [0, 0.05) is 25.6 Å². The maximum absolute atomic E-state index is 12.6. The fourth-order valence-electron chi connectivity index (χ4n) is 2.91. The average molecular weight is 350 g/mol. The molecule has 0 unspecified atom stereocenters. The van der Waals surface area contributed by atoms with Crippen LogP contribution in [0.2, 0.25) is 0 Å². The van der Waals surface area contributed by atoms with Crippen molar-refractivity contribution in [1.82, 2.24) is 9.62 Å². The van der Waals surface area contributed by atoms with E-state index >= 15 is 0 Å². The molecule has 0 bridgehead atoms. The Balaban J connectivity index is 1.91. The van der Waals surface area contributed by atoms with Crippen molar-refractivity contribution in [2.24, 2.45) is 11.8 Å². The van der Waals surface area contributed by atoms with Gasteiger partial charge in [-0.15, -0.1) is 13.2 Å². The number of benzene rings is 1. The standard InChI is InChI=1S/C13H13F3N2O4S/c14-13(15,16)22-10-3-1-2-4-11(10)23(20,21)18-6-8-5-17-12(19)9(8)7-18/h1-4,8-9H,5-7H2,(H,17,19)/t8-,9+/m0/s1. The molecule has 0 aromatic heterocycles. The third-order valence-electron chi connectivity index (χ3n) is 3.98. The molecule has 0 aliphatic carbocycles. The number of alkyl halides is 3. The van der Waals surface area contributed by atoms with Gasteiger partial charge in [0.05, 0.1) is 5.92 Å². The predicted molar refractivity (Wildman–Crippen MR) is 71.9 cm³/mol. The van der Waals surface area contributed by atoms with E-state index < -0.39 is 32.9 Å². The first-order valence-corrected chi connectivity index (χ1v) is 8.25. The lowest BCUT2D eigenvalue weighted by atomic mass is 10.0. The third kappa shape index (κ3) is 3.00. The first-order chi connectivity index (χ1) is 10.7. The zero-order valence-corrected chi connectivity index (χ0v) is 12.5. The molecule has 6 nitrogen and oxygen atoms in total. The van der Waals surface area contributed by atoms with Gasteiger partial charge in [-0.2, -0.15) is 4.31 Å². The lowest BCUT2D eigenvalue weighted by Gasteiger charge is -2.20. The molecule has 2 aliphatic rings. The summed E-state index contributed by atoms with van der Waals surface area (Å²) in [5.41, 5.74) is 0. The molecule has 3 rings (SSSR count). The summed E-state index contributed by atoms with van der Waals surface area (Å²) < 4.78 is 67.4. The van der Waals surface area contributed by atoms with Gasteiger partial charge >= 0.3 is 6.36 Å². The van der Waals surface area contributed by atoms with Crippen molar-refractivity contribution >= 4 is 15.9 Å². The molecule has 2 aliphatic heterocycles. The van der Waals surface area contributed by atoms with E-state index in [2.05, 4.69) is 10.1 Å². The SMILES string of the molecule is O=C1NC[C@H]2CN(S(=O)(=O)c3ccccc3OC(F)(F)F)C[C@@H]12. The number of hydrogen-bond acceptors (Lipinski definition) is 4. The molecule has 1 N–H and O–H groups in total. The summed E-state index contributed by atoms with van der Waals surface area (Å²) in [7, 11) is -4.18. The minimum absolute atomic E-state index is 0.0425. The number of para-hydroxylation sites is 1. The van der Waals surface area contributed by atoms with Crippen LogP contribution in [0.25, 0.3) is 0 Å². The van der Waals surface area contributed by atoms with E-state index in [1.807, 2.05) is 0 Å². The molecule has 1 amide bonds. The number of nitrogens with zero attached hydrogens (tertiary/aromatic N) is 1. The summed E-state index contributed by atoms with van der Waals surface area (Å²) in [5, 5.41) is 2.64. The van der Waals surface area contributed by atoms with Crippen LogP contribution >= 0.6 is 0 Å². The molecule has 2 heterocycles. The number of ether oxygens (including phenoxy) is 1. The Morgan fingerprint density at radius 2 is 1.91 bits per heavy atom. The molecule has 1 aromatic carbocycles. The first kappa shape index (κ1) is 16.1. The Bertz CT molecular complexity index is 735. The van der Waals surface area contributed by atoms with Gasteiger partial charge in [0.1, 0.15) is 10.6 Å². The van der Waals surface area contributed by atoms with Gasteiger partial charge in [0.15, 0.2) is 0 Å². The van der Waals surface area contributed by atoms with Crippen LogP contribution in [0.4, 0.5) is 13.2 Å². The van der Waals surface area contributed by atoms with Crippen molar-refractivity contribution in [1.29, 1.82) is 0 Å². The smallest absolute Gasteiger partial charge is 0.404 e. The highest BCUT2D eigenvalue weighted by Crippen LogP contribution is 2.35. The van der Waals surface area contributed by atoms with Crippen LogP contribution in [0.5, 0.6) is 5.75 Å². The van der Waals surface area contributed by atoms with E-state index in [9.17, 15) is 26.4 Å². The number of amides is 1. The van der Waals surface area contributed by atoms with Crippen LogP contribution in [0.3, 0.4) is 0 Å². The van der Waals surface area contributed by atoms with E-state index in [1.165, 1.54) is 12.1 Å². The van der Waals surface area contributed by atoms with Gasteiger partial charge in [-0.05, 0) is 12.1 Å². The molecule has 2 saturated heterocycles. The number of hydrogen-bond donors (Lipinski definition) is 1. The molecule has 10 heteroatoms. The molecule has 2 fully saturated rings. The highest BCUT2D eigenvalue weighted by molar-refractivity contribution is 7.89. The van der Waals surface area contributed by atoms with E-state index in [0.29, 0.717) is 6.54 Å². The lowest BCUT2D eigenvalue weighted by Crippen LogP contribution is -2.34. The van der Waals surface area contributed by atoms with Gasteiger partial charge in [0.2, 0.25) is 15.9 Å². The van der Waals surface area contributed by atoms with Crippen LogP contribution in [0.1, 0.15) is 0 Å². The van der Waals surface area contributed by atoms with E-state index in [4.69, 9.17) is 0 Å². The summed E-state index contributed by atoms with van der Waals surface area (Å²) in [6.45, 7) is 0.418. The Kier molecular flexibility index (Phi) is 3.75. The van der Waals surface area contributed by atoms with Gasteiger partial charge in [-0.25, -0.2) is 8.42 Å². The Morgan fingerprint density at radius 3 is 2.57 bits per heavy atom. The molecule has 1 aromatic rings. The maximum atomic E-state index is 12.6. The van der Waals surface area contributed by atoms with Gasteiger partial charge < -0.3 is 10.1 Å². The van der Waals surface area contributed by atoms with Gasteiger partial charge in [0.25, 0.3) is 0 Å². The Morgan fingerprint density at radius 1 is 1.22 bits per heavy atom. The van der Waals surface area contributed by atoms with Gasteiger partial charge in [-0.3, -0.25) is 4.79 Å². The third-order valence-corrected chi connectivity index (χ3v) is 5.85. The summed E-state index contributed by atoms with van der Waals surface area (Å²) in [6, 6.07) is 4.58. The zero-order chi connectivity index (χ0) is 16.8. The van der Waals surface area contributed by atoms with Crippen molar-refractivity contribution in [2.45, 2.75) is 11.3 Å². The van der Waals surface area contributed by atoms with Gasteiger partial charge in [-0.1, -0.05) is 12.1 Å². The van der Waals surface area contributed by atoms with Crippen molar-refractivity contribution in [3.63, 3.8) is 0 Å². The van der Waals surface area contributed by atoms with Crippen LogP contribution in [-0.4, -0.2) is 44.6 Å². The number of rotatable bonds is 3. The number of sulfonamides is 1. The number of nitrogens with one attached hydrogen (secondary N) is 1. The Hall–Kier alpha value is -1.81. The van der Waals surface area contributed by atoms with E-state index in [1.54, 1.807) is 0 Å². The minimum atomic E-state index is -4.99. The summed E-state index contributed by atoms with van der Waals surface area (Å²) in [4.78, 5) is 11.1. The summed E-state index contributed by atoms with van der Waals surface area (Å²) in [6.07, 6.45) is -4.99. The van der Waals surface area contributed by atoms with Crippen LogP contribution in [0, 0.1) is 11.8 Å². The number of carbonyl (C=O) groups is 1. The first-order valence-electron chi connectivity index (χ1n) is 6.81. The second kappa shape index (κ2) is 5.38. The molecule has 23 heavy (non-hydrogen) atoms. The summed E-state index contributed by atoms with van der Waals surface area (Å²) in [5.74, 6) is -1.62. The largest absolute Gasteiger partial charge is 0.573 e. The normalized spacial score (nSPS) is 25.3. The molecular weight excluding hydrogens is 337 g/mol. The number of fused-ring (bicyclic) bond motifs is 1. The van der Waals surface area contributed by atoms with Crippen molar-refractivity contribution in [2.75, 3.05) is 19.6 Å². The quantitative estimate of drug-likeness (QED) is 0.881. The minimum Gasteiger partial charge on any atom is -0.404 e. The summed E-state index contributed by atoms with van der Waals surface area (Å²) >= 11 is 0. The van der Waals surface area contributed by atoms with Crippen molar-refractivity contribution in [3.8, 4) is 5.75 Å². The van der Waals surface area contributed by atoms with Crippen molar-refractivity contribution < 1.29 is 31.1 Å². The van der Waals surface area contributed by atoms with Crippen LogP contribution in [-0.2, 0) is 14.8 Å². The zero-order valence-electron chi connectivity index (χ0n) is 11.7. The molecule has 126 valence electrons. The monoisotopic (exact) mass is 350 g/mol. The van der Waals surface area contributed by atoms with E-state index in [-0.39, 0.29) is 24.9 Å².